The minimum absolute atomic E-state index is 0.463. The molecule has 3 heterocycles. The Balaban J connectivity index is 1.60. The van der Waals surface area contributed by atoms with E-state index in [0.29, 0.717) is 6.04 Å². The van der Waals surface area contributed by atoms with E-state index in [0.717, 1.165) is 25.2 Å². The summed E-state index contributed by atoms with van der Waals surface area (Å²) in [5, 5.41) is 4.49. The van der Waals surface area contributed by atoms with Crippen molar-refractivity contribution in [2.75, 3.05) is 6.54 Å². The SMILES string of the molecule is Cc1nn(C)cc1CN1CCCC1c1nc2c(n1C)CCCC2. The van der Waals surface area contributed by atoms with Gasteiger partial charge in [0, 0.05) is 38.1 Å². The normalized spacial score (nSPS) is 21.8. The minimum atomic E-state index is 0.463. The topological polar surface area (TPSA) is 38.9 Å². The van der Waals surface area contributed by atoms with E-state index in [2.05, 4.69) is 34.7 Å². The molecule has 0 N–H and O–H groups in total. The Kier molecular flexibility index (Phi) is 3.76. The fourth-order valence-corrected chi connectivity index (χ4v) is 4.34. The molecule has 1 unspecified atom stereocenters. The van der Waals surface area contributed by atoms with Gasteiger partial charge in [-0.3, -0.25) is 9.58 Å². The number of aromatic nitrogens is 4. The Morgan fingerprint density at radius 1 is 1.17 bits per heavy atom. The van der Waals surface area contributed by atoms with Gasteiger partial charge in [-0.2, -0.15) is 5.10 Å². The molecule has 23 heavy (non-hydrogen) atoms. The zero-order valence-electron chi connectivity index (χ0n) is 14.5. The minimum Gasteiger partial charge on any atom is -0.334 e. The van der Waals surface area contributed by atoms with Gasteiger partial charge in [-0.15, -0.1) is 0 Å². The highest BCUT2D eigenvalue weighted by molar-refractivity contribution is 5.23. The molecule has 2 aliphatic rings. The summed E-state index contributed by atoms with van der Waals surface area (Å²) in [4.78, 5) is 7.65. The maximum Gasteiger partial charge on any atom is 0.126 e. The number of rotatable bonds is 3. The van der Waals surface area contributed by atoms with E-state index in [9.17, 15) is 0 Å². The number of imidazole rings is 1. The van der Waals surface area contributed by atoms with Crippen molar-refractivity contribution in [2.24, 2.45) is 14.1 Å². The van der Waals surface area contributed by atoms with Crippen molar-refractivity contribution < 1.29 is 0 Å². The van der Waals surface area contributed by atoms with Crippen molar-refractivity contribution in [1.82, 2.24) is 24.2 Å². The van der Waals surface area contributed by atoms with E-state index in [-0.39, 0.29) is 0 Å². The molecule has 5 nitrogen and oxygen atoms in total. The molecular formula is C18H27N5. The number of hydrogen-bond acceptors (Lipinski definition) is 3. The van der Waals surface area contributed by atoms with Crippen LogP contribution in [0.4, 0.5) is 0 Å². The van der Waals surface area contributed by atoms with E-state index < -0.39 is 0 Å². The first-order chi connectivity index (χ1) is 11.1. The maximum absolute atomic E-state index is 5.05. The summed E-state index contributed by atoms with van der Waals surface area (Å²) in [5.74, 6) is 1.29. The Morgan fingerprint density at radius 2 is 2.00 bits per heavy atom. The van der Waals surface area contributed by atoms with E-state index >= 15 is 0 Å². The van der Waals surface area contributed by atoms with Crippen LogP contribution in [0.2, 0.25) is 0 Å². The summed E-state index contributed by atoms with van der Waals surface area (Å²) in [5.41, 5.74) is 5.34. The van der Waals surface area contributed by atoms with E-state index in [1.165, 1.54) is 54.9 Å². The zero-order valence-corrected chi connectivity index (χ0v) is 14.5. The van der Waals surface area contributed by atoms with Crippen LogP contribution in [0.1, 0.15) is 60.2 Å². The van der Waals surface area contributed by atoms with Gasteiger partial charge >= 0.3 is 0 Å². The van der Waals surface area contributed by atoms with Gasteiger partial charge in [0.1, 0.15) is 5.82 Å². The lowest BCUT2D eigenvalue weighted by molar-refractivity contribution is 0.236. The zero-order chi connectivity index (χ0) is 16.0. The molecule has 0 spiro atoms. The van der Waals surface area contributed by atoms with Crippen molar-refractivity contribution in [3.63, 3.8) is 0 Å². The standard InChI is InChI=1S/C18H27N5/c1-13-14(11-21(2)20-13)12-23-10-6-9-17(23)18-19-15-7-4-5-8-16(15)22(18)3/h11,17H,4-10,12H2,1-3H3. The Bertz CT molecular complexity index is 711. The number of hydrogen-bond donors (Lipinski definition) is 0. The van der Waals surface area contributed by atoms with Gasteiger partial charge in [0.15, 0.2) is 0 Å². The number of fused-ring (bicyclic) bond motifs is 1. The molecule has 1 aliphatic heterocycles. The van der Waals surface area contributed by atoms with Gasteiger partial charge in [0.25, 0.3) is 0 Å². The largest absolute Gasteiger partial charge is 0.334 e. The molecule has 2 aromatic rings. The number of likely N-dealkylation sites (tertiary alicyclic amines) is 1. The average molecular weight is 313 g/mol. The van der Waals surface area contributed by atoms with Crippen LogP contribution < -0.4 is 0 Å². The summed E-state index contributed by atoms with van der Waals surface area (Å²) in [6.45, 7) is 4.26. The van der Waals surface area contributed by atoms with Crippen molar-refractivity contribution in [3.05, 3.63) is 34.7 Å². The Hall–Kier alpha value is -1.62. The third kappa shape index (κ3) is 2.61. The third-order valence-corrected chi connectivity index (χ3v) is 5.56. The lowest BCUT2D eigenvalue weighted by atomic mass is 10.0. The van der Waals surface area contributed by atoms with Gasteiger partial charge in [-0.1, -0.05) is 0 Å². The quantitative estimate of drug-likeness (QED) is 0.874. The highest BCUT2D eigenvalue weighted by Gasteiger charge is 2.31. The van der Waals surface area contributed by atoms with Crippen LogP contribution in [0, 0.1) is 6.92 Å². The van der Waals surface area contributed by atoms with E-state index in [1.807, 2.05) is 11.7 Å². The summed E-state index contributed by atoms with van der Waals surface area (Å²) in [6.07, 6.45) is 9.63. The molecule has 2 aromatic heterocycles. The maximum atomic E-state index is 5.05. The van der Waals surface area contributed by atoms with Crippen LogP contribution in [-0.2, 0) is 33.5 Å². The monoisotopic (exact) mass is 313 g/mol. The predicted molar refractivity (Wildman–Crippen MR) is 90.2 cm³/mol. The second-order valence-electron chi connectivity index (χ2n) is 7.17. The summed E-state index contributed by atoms with van der Waals surface area (Å²) >= 11 is 0. The van der Waals surface area contributed by atoms with Gasteiger partial charge < -0.3 is 4.57 Å². The summed E-state index contributed by atoms with van der Waals surface area (Å²) in [6, 6.07) is 0.463. The van der Waals surface area contributed by atoms with Crippen LogP contribution in [0.15, 0.2) is 6.20 Å². The summed E-state index contributed by atoms with van der Waals surface area (Å²) < 4.78 is 4.32. The highest BCUT2D eigenvalue weighted by atomic mass is 15.3. The molecular weight excluding hydrogens is 286 g/mol. The molecule has 0 saturated carbocycles. The van der Waals surface area contributed by atoms with Gasteiger partial charge in [0.05, 0.1) is 17.4 Å². The molecule has 0 radical (unpaired) electrons. The predicted octanol–water partition coefficient (Wildman–Crippen LogP) is 2.68. The van der Waals surface area contributed by atoms with Crippen LogP contribution in [-0.4, -0.2) is 30.8 Å². The van der Waals surface area contributed by atoms with Crippen LogP contribution in [0.25, 0.3) is 0 Å². The summed E-state index contributed by atoms with van der Waals surface area (Å²) in [7, 11) is 4.23. The molecule has 0 amide bonds. The Labute approximate surface area is 138 Å². The van der Waals surface area contributed by atoms with Gasteiger partial charge in [-0.05, 0) is 52.0 Å². The number of aryl methyl sites for hydroxylation is 3. The second kappa shape index (κ2) is 5.78. The molecule has 0 bridgehead atoms. The fourth-order valence-electron chi connectivity index (χ4n) is 4.34. The first kappa shape index (κ1) is 14.9. The van der Waals surface area contributed by atoms with Gasteiger partial charge in [0.2, 0.25) is 0 Å². The Morgan fingerprint density at radius 3 is 2.74 bits per heavy atom. The molecule has 1 atom stereocenters. The van der Waals surface area contributed by atoms with Crippen molar-refractivity contribution in [1.29, 1.82) is 0 Å². The molecule has 124 valence electrons. The lowest BCUT2D eigenvalue weighted by Crippen LogP contribution is -2.25. The van der Waals surface area contributed by atoms with Crippen molar-refractivity contribution in [2.45, 2.75) is 58.0 Å². The van der Waals surface area contributed by atoms with Crippen LogP contribution in [0.5, 0.6) is 0 Å². The molecule has 1 fully saturated rings. The van der Waals surface area contributed by atoms with E-state index in [1.54, 1.807) is 0 Å². The highest BCUT2D eigenvalue weighted by Crippen LogP contribution is 2.35. The smallest absolute Gasteiger partial charge is 0.126 e. The van der Waals surface area contributed by atoms with Crippen LogP contribution >= 0.6 is 0 Å². The molecule has 1 aliphatic carbocycles. The van der Waals surface area contributed by atoms with E-state index in [4.69, 9.17) is 4.98 Å². The fraction of sp³-hybridized carbons (Fsp3) is 0.667. The molecule has 0 aromatic carbocycles. The number of nitrogens with zero attached hydrogens (tertiary/aromatic N) is 5. The average Bonchev–Trinajstić information content (AvgIpc) is 3.19. The van der Waals surface area contributed by atoms with Gasteiger partial charge in [-0.25, -0.2) is 4.98 Å². The third-order valence-electron chi connectivity index (χ3n) is 5.56. The lowest BCUT2D eigenvalue weighted by Gasteiger charge is -2.24. The first-order valence-electron chi connectivity index (χ1n) is 8.91. The molecule has 1 saturated heterocycles. The molecule has 4 rings (SSSR count). The van der Waals surface area contributed by atoms with Crippen molar-refractivity contribution in [3.8, 4) is 0 Å². The first-order valence-corrected chi connectivity index (χ1v) is 8.91. The molecule has 5 heteroatoms. The second-order valence-corrected chi connectivity index (χ2v) is 7.17. The van der Waals surface area contributed by atoms with Crippen LogP contribution in [0.3, 0.4) is 0 Å². The van der Waals surface area contributed by atoms with Crippen molar-refractivity contribution >= 4 is 0 Å².